The monoisotopic (exact) mass is 370 g/mol. The number of hydrogen-bond acceptors (Lipinski definition) is 4. The molecule has 0 aliphatic carbocycles. The molecule has 0 fully saturated rings. The van der Waals surface area contributed by atoms with E-state index in [-0.39, 0.29) is 12.6 Å². The Kier molecular flexibility index (Phi) is 5.53. The van der Waals surface area contributed by atoms with Gasteiger partial charge in [0, 0.05) is 22.8 Å². The third kappa shape index (κ3) is 4.21. The molecule has 7 heteroatoms. The van der Waals surface area contributed by atoms with Crippen molar-refractivity contribution >= 4 is 23.3 Å². The van der Waals surface area contributed by atoms with Gasteiger partial charge in [0.1, 0.15) is 6.54 Å². The molecule has 2 amide bonds. The minimum atomic E-state index is -0.215. The number of rotatable bonds is 5. The van der Waals surface area contributed by atoms with Crippen molar-refractivity contribution in [2.24, 2.45) is 0 Å². The molecule has 3 rings (SSSR count). The van der Waals surface area contributed by atoms with Gasteiger partial charge in [-0.15, -0.1) is 0 Å². The first-order valence-electron chi connectivity index (χ1n) is 8.27. The highest BCUT2D eigenvalue weighted by Gasteiger charge is 2.17. The molecule has 3 aromatic rings. The molecule has 0 bridgehead atoms. The molecule has 134 valence electrons. The van der Waals surface area contributed by atoms with Gasteiger partial charge in [0.25, 0.3) is 0 Å². The smallest absolute Gasteiger partial charge is 0.322 e. The first-order chi connectivity index (χ1) is 12.6. The number of amides is 2. The van der Waals surface area contributed by atoms with Crippen molar-refractivity contribution in [3.8, 4) is 11.4 Å². The molecule has 0 unspecified atom stereocenters. The number of para-hydroxylation sites is 1. The number of anilines is 1. The van der Waals surface area contributed by atoms with Crippen LogP contribution < -0.4 is 5.32 Å². The third-order valence-electron chi connectivity index (χ3n) is 3.95. The van der Waals surface area contributed by atoms with Gasteiger partial charge < -0.3 is 14.7 Å². The van der Waals surface area contributed by atoms with Crippen LogP contribution in [0.25, 0.3) is 11.4 Å². The Bertz CT molecular complexity index is 893. The summed E-state index contributed by atoms with van der Waals surface area (Å²) >= 11 is 5.89. The van der Waals surface area contributed by atoms with E-state index in [0.29, 0.717) is 23.3 Å². The summed E-state index contributed by atoms with van der Waals surface area (Å²) < 4.78 is 5.29. The lowest BCUT2D eigenvalue weighted by atomic mass is 10.2. The van der Waals surface area contributed by atoms with Crippen molar-refractivity contribution in [1.82, 2.24) is 15.0 Å². The largest absolute Gasteiger partial charge is 0.337 e. The van der Waals surface area contributed by atoms with Crippen LogP contribution in [0.1, 0.15) is 18.4 Å². The molecule has 26 heavy (non-hydrogen) atoms. The molecule has 0 atom stereocenters. The highest BCUT2D eigenvalue weighted by molar-refractivity contribution is 6.30. The minimum Gasteiger partial charge on any atom is -0.337 e. The number of aromatic nitrogens is 2. The van der Waals surface area contributed by atoms with E-state index >= 15 is 0 Å². The van der Waals surface area contributed by atoms with Crippen LogP contribution in [-0.4, -0.2) is 27.6 Å². The van der Waals surface area contributed by atoms with Crippen molar-refractivity contribution in [3.05, 3.63) is 65.0 Å². The predicted molar refractivity (Wildman–Crippen MR) is 101 cm³/mol. The molecule has 0 spiro atoms. The summed E-state index contributed by atoms with van der Waals surface area (Å²) in [4.78, 5) is 18.5. The van der Waals surface area contributed by atoms with Gasteiger partial charge in [-0.3, -0.25) is 0 Å². The molecule has 0 aliphatic rings. The van der Waals surface area contributed by atoms with Gasteiger partial charge in [-0.2, -0.15) is 4.98 Å². The number of hydrogen-bond donors (Lipinski definition) is 1. The maximum Gasteiger partial charge on any atom is 0.322 e. The summed E-state index contributed by atoms with van der Waals surface area (Å²) in [7, 11) is 0. The van der Waals surface area contributed by atoms with Crippen LogP contribution in [0.2, 0.25) is 5.02 Å². The van der Waals surface area contributed by atoms with Gasteiger partial charge >= 0.3 is 6.03 Å². The Labute approximate surface area is 156 Å². The average molecular weight is 371 g/mol. The van der Waals surface area contributed by atoms with E-state index in [4.69, 9.17) is 16.1 Å². The van der Waals surface area contributed by atoms with Crippen LogP contribution in [0.4, 0.5) is 10.5 Å². The van der Waals surface area contributed by atoms with E-state index in [0.717, 1.165) is 16.8 Å². The second-order valence-electron chi connectivity index (χ2n) is 5.78. The van der Waals surface area contributed by atoms with Gasteiger partial charge in [0.15, 0.2) is 0 Å². The van der Waals surface area contributed by atoms with Crippen molar-refractivity contribution in [2.75, 3.05) is 11.9 Å². The van der Waals surface area contributed by atoms with Crippen molar-refractivity contribution < 1.29 is 9.32 Å². The summed E-state index contributed by atoms with van der Waals surface area (Å²) in [6.07, 6.45) is 0. The van der Waals surface area contributed by atoms with Gasteiger partial charge in [0.2, 0.25) is 11.7 Å². The van der Waals surface area contributed by atoms with Crippen LogP contribution in [0.3, 0.4) is 0 Å². The van der Waals surface area contributed by atoms with E-state index in [1.54, 1.807) is 17.0 Å². The van der Waals surface area contributed by atoms with Crippen LogP contribution in [0, 0.1) is 6.92 Å². The van der Waals surface area contributed by atoms with Crippen molar-refractivity contribution in [1.29, 1.82) is 0 Å². The fourth-order valence-electron chi connectivity index (χ4n) is 2.43. The molecule has 2 aromatic carbocycles. The zero-order valence-electron chi connectivity index (χ0n) is 14.6. The lowest BCUT2D eigenvalue weighted by Gasteiger charge is -2.20. The first-order valence-corrected chi connectivity index (χ1v) is 8.64. The SMILES string of the molecule is CCN(Cc1nc(-c2ccc(Cl)cc2)no1)C(=O)Nc1ccccc1C. The molecule has 0 saturated carbocycles. The first kappa shape index (κ1) is 17.9. The highest BCUT2D eigenvalue weighted by atomic mass is 35.5. The number of nitrogens with zero attached hydrogens (tertiary/aromatic N) is 3. The number of urea groups is 1. The van der Waals surface area contributed by atoms with Crippen molar-refractivity contribution in [2.45, 2.75) is 20.4 Å². The summed E-state index contributed by atoms with van der Waals surface area (Å²) in [5.41, 5.74) is 2.58. The molecule has 1 heterocycles. The summed E-state index contributed by atoms with van der Waals surface area (Å²) in [5, 5.41) is 7.52. The zero-order chi connectivity index (χ0) is 18.5. The van der Waals surface area contributed by atoms with E-state index in [9.17, 15) is 4.79 Å². The van der Waals surface area contributed by atoms with Crippen LogP contribution in [0.5, 0.6) is 0 Å². The molecular formula is C19H19ClN4O2. The topological polar surface area (TPSA) is 71.3 Å². The Morgan fingerprint density at radius 2 is 1.92 bits per heavy atom. The Morgan fingerprint density at radius 3 is 2.62 bits per heavy atom. The number of carbonyl (C=O) groups is 1. The number of carbonyl (C=O) groups excluding carboxylic acids is 1. The quantitative estimate of drug-likeness (QED) is 0.703. The molecule has 1 aromatic heterocycles. The van der Waals surface area contributed by atoms with E-state index < -0.39 is 0 Å². The lowest BCUT2D eigenvalue weighted by Crippen LogP contribution is -2.34. The fraction of sp³-hybridized carbons (Fsp3) is 0.211. The summed E-state index contributed by atoms with van der Waals surface area (Å²) in [6.45, 7) is 4.58. The zero-order valence-corrected chi connectivity index (χ0v) is 15.3. The standard InChI is InChI=1S/C19H19ClN4O2/c1-3-24(19(25)21-16-7-5-4-6-13(16)2)12-17-22-18(23-26-17)14-8-10-15(20)11-9-14/h4-11H,3,12H2,1-2H3,(H,21,25). The molecule has 0 saturated heterocycles. The molecule has 1 N–H and O–H groups in total. The second kappa shape index (κ2) is 8.01. The second-order valence-corrected chi connectivity index (χ2v) is 6.21. The van der Waals surface area contributed by atoms with Gasteiger partial charge in [-0.1, -0.05) is 35.0 Å². The van der Waals surface area contributed by atoms with Gasteiger partial charge in [-0.05, 0) is 49.7 Å². The van der Waals surface area contributed by atoms with Gasteiger partial charge in [0.05, 0.1) is 0 Å². The normalized spacial score (nSPS) is 10.6. The summed E-state index contributed by atoms with van der Waals surface area (Å²) in [6, 6.07) is 14.6. The highest BCUT2D eigenvalue weighted by Crippen LogP contribution is 2.19. The molecular weight excluding hydrogens is 352 g/mol. The molecule has 0 aliphatic heterocycles. The average Bonchev–Trinajstić information content (AvgIpc) is 3.10. The van der Waals surface area contributed by atoms with E-state index in [2.05, 4.69) is 15.5 Å². The van der Waals surface area contributed by atoms with Crippen LogP contribution >= 0.6 is 11.6 Å². The Balaban J connectivity index is 1.69. The molecule has 6 nitrogen and oxygen atoms in total. The minimum absolute atomic E-state index is 0.215. The Morgan fingerprint density at radius 1 is 1.19 bits per heavy atom. The summed E-state index contributed by atoms with van der Waals surface area (Å²) in [5.74, 6) is 0.837. The van der Waals surface area contributed by atoms with E-state index in [1.807, 2.05) is 50.2 Å². The number of halogens is 1. The number of aryl methyl sites for hydroxylation is 1. The van der Waals surface area contributed by atoms with Gasteiger partial charge in [-0.25, -0.2) is 4.79 Å². The van der Waals surface area contributed by atoms with Crippen molar-refractivity contribution in [3.63, 3.8) is 0 Å². The fourth-order valence-corrected chi connectivity index (χ4v) is 2.56. The van der Waals surface area contributed by atoms with E-state index in [1.165, 1.54) is 0 Å². The number of benzene rings is 2. The number of nitrogens with one attached hydrogen (secondary N) is 1. The maximum absolute atomic E-state index is 12.5. The lowest BCUT2D eigenvalue weighted by molar-refractivity contribution is 0.203. The van der Waals surface area contributed by atoms with Crippen LogP contribution in [0.15, 0.2) is 53.1 Å². The van der Waals surface area contributed by atoms with Crippen LogP contribution in [-0.2, 0) is 6.54 Å². The maximum atomic E-state index is 12.5. The third-order valence-corrected chi connectivity index (χ3v) is 4.20. The predicted octanol–water partition coefficient (Wildman–Crippen LogP) is 4.75. The Hall–Kier alpha value is -2.86. The molecule has 0 radical (unpaired) electrons.